The summed E-state index contributed by atoms with van der Waals surface area (Å²) in [7, 11) is 0. The van der Waals surface area contributed by atoms with Gasteiger partial charge in [0.1, 0.15) is 0 Å². The largest absolute Gasteiger partial charge is 0.0620 e. The van der Waals surface area contributed by atoms with Crippen LogP contribution in [-0.2, 0) is 0 Å². The minimum Gasteiger partial charge on any atom is -0.0620 e. The molecule has 0 nitrogen and oxygen atoms in total. The zero-order valence-corrected chi connectivity index (χ0v) is 8.06. The average molecular weight is 152 g/mol. The first-order chi connectivity index (χ1) is 5.12. The Morgan fingerprint density at radius 1 is 1.00 bits per heavy atom. The molecule has 3 unspecified atom stereocenters. The van der Waals surface area contributed by atoms with Crippen molar-refractivity contribution in [2.24, 2.45) is 23.2 Å². The van der Waals surface area contributed by atoms with E-state index in [0.29, 0.717) is 5.41 Å². The lowest BCUT2D eigenvalue weighted by atomic mass is 9.51. The fourth-order valence-corrected chi connectivity index (χ4v) is 3.10. The summed E-state index contributed by atoms with van der Waals surface area (Å²) < 4.78 is 0. The molecule has 2 aliphatic carbocycles. The highest BCUT2D eigenvalue weighted by Gasteiger charge is 2.47. The molecule has 0 aromatic rings. The molecule has 0 radical (unpaired) electrons. The standard InChI is InChI=1S/C11H20/c1-8-4-5-9-6-7-10(9)11(8,2)3/h8-10H,4-7H2,1-3H3. The maximum absolute atomic E-state index is 2.48. The number of fused-ring (bicyclic) bond motifs is 1. The molecule has 3 atom stereocenters. The van der Waals surface area contributed by atoms with Gasteiger partial charge in [-0.25, -0.2) is 0 Å². The van der Waals surface area contributed by atoms with Crippen molar-refractivity contribution in [3.8, 4) is 0 Å². The Bertz CT molecular complexity index is 157. The molecule has 64 valence electrons. The van der Waals surface area contributed by atoms with E-state index in [-0.39, 0.29) is 0 Å². The summed E-state index contributed by atoms with van der Waals surface area (Å²) >= 11 is 0. The van der Waals surface area contributed by atoms with Crippen molar-refractivity contribution in [1.82, 2.24) is 0 Å². The van der Waals surface area contributed by atoms with Gasteiger partial charge in [0.15, 0.2) is 0 Å². The number of rotatable bonds is 0. The van der Waals surface area contributed by atoms with Crippen molar-refractivity contribution in [2.75, 3.05) is 0 Å². The second-order valence-corrected chi connectivity index (χ2v) is 5.24. The van der Waals surface area contributed by atoms with Gasteiger partial charge in [0, 0.05) is 0 Å². The normalized spacial score (nSPS) is 47.7. The van der Waals surface area contributed by atoms with E-state index in [9.17, 15) is 0 Å². The molecular formula is C11H20. The summed E-state index contributed by atoms with van der Waals surface area (Å²) in [5, 5.41) is 0. The molecule has 0 bridgehead atoms. The Morgan fingerprint density at radius 2 is 1.64 bits per heavy atom. The lowest BCUT2D eigenvalue weighted by molar-refractivity contribution is -0.0445. The van der Waals surface area contributed by atoms with Gasteiger partial charge in [-0.05, 0) is 48.9 Å². The molecule has 0 saturated heterocycles. The van der Waals surface area contributed by atoms with Gasteiger partial charge >= 0.3 is 0 Å². The van der Waals surface area contributed by atoms with Crippen LogP contribution in [0.4, 0.5) is 0 Å². The van der Waals surface area contributed by atoms with E-state index < -0.39 is 0 Å². The van der Waals surface area contributed by atoms with Crippen molar-refractivity contribution in [1.29, 1.82) is 0 Å². The van der Waals surface area contributed by atoms with Gasteiger partial charge in [0.05, 0.1) is 0 Å². The highest BCUT2D eigenvalue weighted by atomic mass is 14.5. The fraction of sp³-hybridized carbons (Fsp3) is 1.00. The number of hydrogen-bond donors (Lipinski definition) is 0. The maximum atomic E-state index is 2.48. The van der Waals surface area contributed by atoms with E-state index in [1.54, 1.807) is 0 Å². The molecule has 2 saturated carbocycles. The lowest BCUT2D eigenvalue weighted by Crippen LogP contribution is -2.45. The summed E-state index contributed by atoms with van der Waals surface area (Å²) in [6.07, 6.45) is 6.05. The minimum absolute atomic E-state index is 0.654. The van der Waals surface area contributed by atoms with Crippen molar-refractivity contribution >= 4 is 0 Å². The monoisotopic (exact) mass is 152 g/mol. The van der Waals surface area contributed by atoms with Crippen LogP contribution < -0.4 is 0 Å². The Kier molecular flexibility index (Phi) is 1.56. The van der Waals surface area contributed by atoms with Gasteiger partial charge in [-0.1, -0.05) is 20.8 Å². The van der Waals surface area contributed by atoms with Gasteiger partial charge in [-0.15, -0.1) is 0 Å². The first-order valence-electron chi connectivity index (χ1n) is 5.12. The molecule has 0 amide bonds. The van der Waals surface area contributed by atoms with E-state index in [2.05, 4.69) is 20.8 Å². The lowest BCUT2D eigenvalue weighted by Gasteiger charge is -2.54. The summed E-state index contributed by atoms with van der Waals surface area (Å²) in [5.74, 6) is 3.15. The Hall–Kier alpha value is 0. The second kappa shape index (κ2) is 2.24. The molecule has 11 heavy (non-hydrogen) atoms. The van der Waals surface area contributed by atoms with E-state index in [0.717, 1.165) is 17.8 Å². The molecule has 0 aliphatic heterocycles. The molecule has 2 rings (SSSR count). The molecule has 0 N–H and O–H groups in total. The van der Waals surface area contributed by atoms with Crippen LogP contribution in [0.2, 0.25) is 0 Å². The van der Waals surface area contributed by atoms with Gasteiger partial charge < -0.3 is 0 Å². The van der Waals surface area contributed by atoms with Gasteiger partial charge in [0.25, 0.3) is 0 Å². The third-order valence-electron chi connectivity index (χ3n) is 4.61. The topological polar surface area (TPSA) is 0 Å². The molecule has 2 aliphatic rings. The SMILES string of the molecule is CC1CCC2CCC2C1(C)C. The van der Waals surface area contributed by atoms with E-state index in [1.807, 2.05) is 0 Å². The van der Waals surface area contributed by atoms with Crippen LogP contribution in [0.1, 0.15) is 46.5 Å². The van der Waals surface area contributed by atoms with Crippen LogP contribution in [0.3, 0.4) is 0 Å². The zero-order valence-electron chi connectivity index (χ0n) is 8.06. The molecular weight excluding hydrogens is 132 g/mol. The van der Waals surface area contributed by atoms with Crippen molar-refractivity contribution in [3.63, 3.8) is 0 Å². The van der Waals surface area contributed by atoms with Gasteiger partial charge in [-0.2, -0.15) is 0 Å². The van der Waals surface area contributed by atoms with Gasteiger partial charge in [0.2, 0.25) is 0 Å². The molecule has 0 aromatic heterocycles. The smallest absolute Gasteiger partial charge is 0.0298 e. The van der Waals surface area contributed by atoms with Crippen LogP contribution >= 0.6 is 0 Å². The minimum atomic E-state index is 0.654. The molecule has 0 spiro atoms. The quantitative estimate of drug-likeness (QED) is 0.498. The van der Waals surface area contributed by atoms with Gasteiger partial charge in [-0.3, -0.25) is 0 Å². The fourth-order valence-electron chi connectivity index (χ4n) is 3.10. The first-order valence-corrected chi connectivity index (χ1v) is 5.12. The van der Waals surface area contributed by atoms with Crippen molar-refractivity contribution in [2.45, 2.75) is 46.5 Å². The first kappa shape index (κ1) is 7.64. The predicted octanol–water partition coefficient (Wildman–Crippen LogP) is 3.47. The van der Waals surface area contributed by atoms with Crippen molar-refractivity contribution < 1.29 is 0 Å². The maximum Gasteiger partial charge on any atom is -0.0298 e. The van der Waals surface area contributed by atoms with Crippen LogP contribution in [-0.4, -0.2) is 0 Å². The molecule has 2 fully saturated rings. The van der Waals surface area contributed by atoms with E-state index >= 15 is 0 Å². The average Bonchev–Trinajstić information content (AvgIpc) is 1.81. The third kappa shape index (κ3) is 0.947. The summed E-state index contributed by atoms with van der Waals surface area (Å²) in [6, 6.07) is 0. The zero-order chi connectivity index (χ0) is 8.06. The Balaban J connectivity index is 2.14. The molecule has 0 aromatic carbocycles. The second-order valence-electron chi connectivity index (χ2n) is 5.24. The van der Waals surface area contributed by atoms with Crippen LogP contribution in [0.5, 0.6) is 0 Å². The van der Waals surface area contributed by atoms with E-state index in [4.69, 9.17) is 0 Å². The Morgan fingerprint density at radius 3 is 2.09 bits per heavy atom. The van der Waals surface area contributed by atoms with Crippen LogP contribution in [0, 0.1) is 23.2 Å². The summed E-state index contributed by atoms with van der Waals surface area (Å²) in [5.41, 5.74) is 0.654. The van der Waals surface area contributed by atoms with E-state index in [1.165, 1.54) is 25.7 Å². The number of hydrogen-bond acceptors (Lipinski definition) is 0. The van der Waals surface area contributed by atoms with Crippen LogP contribution in [0.15, 0.2) is 0 Å². The summed E-state index contributed by atoms with van der Waals surface area (Å²) in [6.45, 7) is 7.40. The Labute approximate surface area is 70.4 Å². The highest BCUT2D eigenvalue weighted by Crippen LogP contribution is 2.56. The predicted molar refractivity (Wildman–Crippen MR) is 48.4 cm³/mol. The molecule has 0 heteroatoms. The summed E-state index contributed by atoms with van der Waals surface area (Å²) in [4.78, 5) is 0. The third-order valence-corrected chi connectivity index (χ3v) is 4.61. The molecule has 0 heterocycles. The van der Waals surface area contributed by atoms with Crippen molar-refractivity contribution in [3.05, 3.63) is 0 Å². The van der Waals surface area contributed by atoms with Crippen LogP contribution in [0.25, 0.3) is 0 Å². The highest BCUT2D eigenvalue weighted by molar-refractivity contribution is 4.97.